The normalized spacial score (nSPS) is 18.2. The predicted molar refractivity (Wildman–Crippen MR) is 86.1 cm³/mol. The van der Waals surface area contributed by atoms with Crippen molar-refractivity contribution >= 4 is 11.6 Å². The Kier molecular flexibility index (Phi) is 4.31. The minimum absolute atomic E-state index is 0.0486. The minimum Gasteiger partial charge on any atom is -0.325 e. The van der Waals surface area contributed by atoms with Gasteiger partial charge in [-0.1, -0.05) is 48.9 Å². The summed E-state index contributed by atoms with van der Waals surface area (Å²) in [4.78, 5) is 12.1. The maximum Gasteiger partial charge on any atom is 0.241 e. The molecule has 3 nitrogen and oxygen atoms in total. The Hall–Kier alpha value is -2.13. The second-order valence-electron chi connectivity index (χ2n) is 5.44. The van der Waals surface area contributed by atoms with E-state index in [1.54, 1.807) is 0 Å². The van der Waals surface area contributed by atoms with Gasteiger partial charge in [0.05, 0.1) is 6.04 Å². The highest BCUT2D eigenvalue weighted by molar-refractivity contribution is 5.95. The zero-order chi connectivity index (χ0) is 14.5. The van der Waals surface area contributed by atoms with Crippen molar-refractivity contribution in [3.8, 4) is 11.1 Å². The van der Waals surface area contributed by atoms with Crippen LogP contribution in [0.15, 0.2) is 54.6 Å². The molecular weight excluding hydrogens is 260 g/mol. The van der Waals surface area contributed by atoms with Crippen molar-refractivity contribution in [1.29, 1.82) is 0 Å². The van der Waals surface area contributed by atoms with Gasteiger partial charge in [-0.2, -0.15) is 0 Å². The summed E-state index contributed by atoms with van der Waals surface area (Å²) in [5, 5.41) is 6.25. The number of hydrogen-bond donors (Lipinski definition) is 2. The van der Waals surface area contributed by atoms with Gasteiger partial charge in [-0.05, 0) is 42.6 Å². The summed E-state index contributed by atoms with van der Waals surface area (Å²) < 4.78 is 0. The molecule has 1 heterocycles. The van der Waals surface area contributed by atoms with Gasteiger partial charge in [-0.3, -0.25) is 4.79 Å². The number of rotatable bonds is 3. The van der Waals surface area contributed by atoms with Crippen molar-refractivity contribution in [2.45, 2.75) is 25.3 Å². The lowest BCUT2D eigenvalue weighted by molar-refractivity contribution is -0.118. The van der Waals surface area contributed by atoms with Crippen LogP contribution in [0.1, 0.15) is 19.3 Å². The van der Waals surface area contributed by atoms with Gasteiger partial charge < -0.3 is 10.6 Å². The smallest absolute Gasteiger partial charge is 0.241 e. The summed E-state index contributed by atoms with van der Waals surface area (Å²) in [6.45, 7) is 0.936. The lowest BCUT2D eigenvalue weighted by Gasteiger charge is -2.22. The van der Waals surface area contributed by atoms with Crippen molar-refractivity contribution in [1.82, 2.24) is 5.32 Å². The molecule has 2 aromatic rings. The number of nitrogens with one attached hydrogen (secondary N) is 2. The largest absolute Gasteiger partial charge is 0.325 e. The summed E-state index contributed by atoms with van der Waals surface area (Å²) >= 11 is 0. The number of benzene rings is 2. The van der Waals surface area contributed by atoms with E-state index in [4.69, 9.17) is 0 Å². The lowest BCUT2D eigenvalue weighted by atomic mass is 10.0. The van der Waals surface area contributed by atoms with Crippen molar-refractivity contribution < 1.29 is 4.79 Å². The summed E-state index contributed by atoms with van der Waals surface area (Å²) in [6, 6.07) is 18.2. The molecule has 2 aromatic carbocycles. The van der Waals surface area contributed by atoms with Gasteiger partial charge in [0, 0.05) is 5.69 Å². The molecule has 2 N–H and O–H groups in total. The highest BCUT2D eigenvalue weighted by Crippen LogP contribution is 2.21. The first-order chi connectivity index (χ1) is 10.3. The molecule has 0 bridgehead atoms. The molecule has 1 atom stereocenters. The first-order valence-electron chi connectivity index (χ1n) is 7.53. The van der Waals surface area contributed by atoms with Crippen molar-refractivity contribution in [3.05, 3.63) is 54.6 Å². The molecule has 3 rings (SSSR count). The molecule has 1 fully saturated rings. The van der Waals surface area contributed by atoms with Gasteiger partial charge >= 0.3 is 0 Å². The van der Waals surface area contributed by atoms with Gasteiger partial charge in [0.15, 0.2) is 0 Å². The quantitative estimate of drug-likeness (QED) is 0.904. The maximum absolute atomic E-state index is 12.1. The first kappa shape index (κ1) is 13.8. The Morgan fingerprint density at radius 3 is 2.33 bits per heavy atom. The van der Waals surface area contributed by atoms with Gasteiger partial charge in [-0.25, -0.2) is 0 Å². The zero-order valence-electron chi connectivity index (χ0n) is 12.0. The van der Waals surface area contributed by atoms with E-state index in [1.165, 1.54) is 5.56 Å². The third-order valence-corrected chi connectivity index (χ3v) is 3.89. The van der Waals surface area contributed by atoms with Crippen LogP contribution in [0.5, 0.6) is 0 Å². The van der Waals surface area contributed by atoms with Crippen LogP contribution in [0, 0.1) is 0 Å². The molecule has 3 heteroatoms. The van der Waals surface area contributed by atoms with E-state index in [2.05, 4.69) is 22.8 Å². The molecule has 0 radical (unpaired) electrons. The van der Waals surface area contributed by atoms with Gasteiger partial charge in [0.25, 0.3) is 0 Å². The van der Waals surface area contributed by atoms with Crippen LogP contribution in [-0.2, 0) is 4.79 Å². The fraction of sp³-hybridized carbons (Fsp3) is 0.278. The van der Waals surface area contributed by atoms with E-state index in [9.17, 15) is 4.79 Å². The Morgan fingerprint density at radius 1 is 0.952 bits per heavy atom. The average Bonchev–Trinajstić information content (AvgIpc) is 2.57. The zero-order valence-corrected chi connectivity index (χ0v) is 12.0. The average molecular weight is 280 g/mol. The summed E-state index contributed by atoms with van der Waals surface area (Å²) in [5.41, 5.74) is 3.20. The molecule has 1 amide bonds. The molecule has 0 aliphatic carbocycles. The third-order valence-electron chi connectivity index (χ3n) is 3.89. The number of amides is 1. The fourth-order valence-electron chi connectivity index (χ4n) is 2.68. The van der Waals surface area contributed by atoms with E-state index >= 15 is 0 Å². The Bertz CT molecular complexity index is 586. The highest BCUT2D eigenvalue weighted by Gasteiger charge is 2.20. The molecular formula is C18H20N2O. The molecule has 0 aromatic heterocycles. The van der Waals surface area contributed by atoms with Gasteiger partial charge in [0.1, 0.15) is 0 Å². The molecule has 0 saturated carbocycles. The van der Waals surface area contributed by atoms with E-state index in [0.717, 1.165) is 37.1 Å². The number of carbonyl (C=O) groups excluding carboxylic acids is 1. The topological polar surface area (TPSA) is 41.1 Å². The summed E-state index contributed by atoms with van der Waals surface area (Å²) in [7, 11) is 0. The lowest BCUT2D eigenvalue weighted by Crippen LogP contribution is -2.43. The molecule has 108 valence electrons. The molecule has 0 spiro atoms. The van der Waals surface area contributed by atoms with Gasteiger partial charge in [0.2, 0.25) is 5.91 Å². The fourth-order valence-corrected chi connectivity index (χ4v) is 2.68. The van der Waals surface area contributed by atoms with Crippen LogP contribution >= 0.6 is 0 Å². The van der Waals surface area contributed by atoms with E-state index in [0.29, 0.717) is 0 Å². The molecule has 1 aliphatic rings. The number of piperidine rings is 1. The summed E-state index contributed by atoms with van der Waals surface area (Å²) in [5.74, 6) is 0.0714. The van der Waals surface area contributed by atoms with Gasteiger partial charge in [-0.15, -0.1) is 0 Å². The minimum atomic E-state index is -0.0486. The van der Waals surface area contributed by atoms with E-state index in [1.807, 2.05) is 42.5 Å². The van der Waals surface area contributed by atoms with Crippen LogP contribution in [0.2, 0.25) is 0 Å². The van der Waals surface area contributed by atoms with Crippen LogP contribution in [-0.4, -0.2) is 18.5 Å². The van der Waals surface area contributed by atoms with E-state index < -0.39 is 0 Å². The maximum atomic E-state index is 12.1. The standard InChI is InChI=1S/C18H20N2O/c21-18(17-8-4-5-13-19-17)20-16-11-9-15(10-12-16)14-6-2-1-3-7-14/h1-3,6-7,9-12,17,19H,4-5,8,13H2,(H,20,21). The number of anilines is 1. The number of hydrogen-bond acceptors (Lipinski definition) is 2. The van der Waals surface area contributed by atoms with Crippen LogP contribution in [0.3, 0.4) is 0 Å². The summed E-state index contributed by atoms with van der Waals surface area (Å²) in [6.07, 6.45) is 3.21. The Labute approximate surface area is 125 Å². The monoisotopic (exact) mass is 280 g/mol. The molecule has 1 aliphatic heterocycles. The third kappa shape index (κ3) is 3.50. The Balaban J connectivity index is 1.65. The molecule has 1 unspecified atom stereocenters. The van der Waals surface area contributed by atoms with E-state index in [-0.39, 0.29) is 11.9 Å². The SMILES string of the molecule is O=C(Nc1ccc(-c2ccccc2)cc1)C1CCCCN1. The van der Waals surface area contributed by atoms with Crippen LogP contribution < -0.4 is 10.6 Å². The second kappa shape index (κ2) is 6.55. The Morgan fingerprint density at radius 2 is 1.67 bits per heavy atom. The highest BCUT2D eigenvalue weighted by atomic mass is 16.2. The van der Waals surface area contributed by atoms with Crippen LogP contribution in [0.4, 0.5) is 5.69 Å². The van der Waals surface area contributed by atoms with Crippen molar-refractivity contribution in [2.24, 2.45) is 0 Å². The van der Waals surface area contributed by atoms with Crippen molar-refractivity contribution in [3.63, 3.8) is 0 Å². The van der Waals surface area contributed by atoms with Crippen molar-refractivity contribution in [2.75, 3.05) is 11.9 Å². The molecule has 1 saturated heterocycles. The number of carbonyl (C=O) groups is 1. The second-order valence-corrected chi connectivity index (χ2v) is 5.44. The predicted octanol–water partition coefficient (Wildman–Crippen LogP) is 3.43. The first-order valence-corrected chi connectivity index (χ1v) is 7.53. The van der Waals surface area contributed by atoms with Crippen LogP contribution in [0.25, 0.3) is 11.1 Å². The molecule has 21 heavy (non-hydrogen) atoms.